The maximum absolute atomic E-state index is 11.5. The predicted molar refractivity (Wildman–Crippen MR) is 57.6 cm³/mol. The van der Waals surface area contributed by atoms with Crippen molar-refractivity contribution in [3.63, 3.8) is 0 Å². The van der Waals surface area contributed by atoms with Crippen LogP contribution in [-0.2, 0) is 18.4 Å². The van der Waals surface area contributed by atoms with Crippen molar-refractivity contribution >= 4 is 5.91 Å². The number of amides is 1. The van der Waals surface area contributed by atoms with Crippen molar-refractivity contribution in [2.45, 2.75) is 32.9 Å². The summed E-state index contributed by atoms with van der Waals surface area (Å²) in [6.07, 6.45) is 3.23. The Labute approximate surface area is 88.7 Å². The van der Waals surface area contributed by atoms with E-state index in [0.29, 0.717) is 0 Å². The summed E-state index contributed by atoms with van der Waals surface area (Å²) < 4.78 is 2.81. The zero-order valence-corrected chi connectivity index (χ0v) is 9.57. The Kier molecular flexibility index (Phi) is 3.02. The molecule has 0 saturated heterocycles. The van der Waals surface area contributed by atoms with Crippen molar-refractivity contribution in [1.29, 1.82) is 0 Å². The first-order valence-corrected chi connectivity index (χ1v) is 4.82. The Bertz CT molecular complexity index is 409. The molecule has 0 saturated carbocycles. The fourth-order valence-corrected chi connectivity index (χ4v) is 1.24. The highest BCUT2D eigenvalue weighted by Crippen LogP contribution is 1.98. The van der Waals surface area contributed by atoms with Crippen molar-refractivity contribution in [3.8, 4) is 0 Å². The summed E-state index contributed by atoms with van der Waals surface area (Å²) in [5, 5.41) is 2.80. The van der Waals surface area contributed by atoms with Crippen molar-refractivity contribution in [2.24, 2.45) is 7.05 Å². The second-order valence-corrected chi connectivity index (χ2v) is 4.62. The summed E-state index contributed by atoms with van der Waals surface area (Å²) in [7, 11) is 1.65. The summed E-state index contributed by atoms with van der Waals surface area (Å²) in [5.74, 6) is -0.157. The van der Waals surface area contributed by atoms with Gasteiger partial charge in [-0.1, -0.05) is 0 Å². The van der Waals surface area contributed by atoms with Gasteiger partial charge in [0, 0.05) is 25.0 Å². The number of rotatable bonds is 2. The molecule has 0 radical (unpaired) electrons. The maximum atomic E-state index is 11.5. The van der Waals surface area contributed by atoms with Crippen LogP contribution in [0.15, 0.2) is 17.2 Å². The molecule has 1 N–H and O–H groups in total. The molecule has 84 valence electrons. The van der Waals surface area contributed by atoms with E-state index in [4.69, 9.17) is 0 Å². The lowest BCUT2D eigenvalue weighted by atomic mass is 10.1. The number of nitrogens with one attached hydrogen (secondary N) is 1. The largest absolute Gasteiger partial charge is 0.350 e. The molecule has 5 nitrogen and oxygen atoms in total. The molecule has 5 heteroatoms. The SMILES string of the molecule is Cn1ccn(CC(=O)NC(C)(C)C)c1=O. The monoisotopic (exact) mass is 211 g/mol. The van der Waals surface area contributed by atoms with E-state index < -0.39 is 0 Å². The molecule has 0 bridgehead atoms. The lowest BCUT2D eigenvalue weighted by Gasteiger charge is -2.20. The second kappa shape index (κ2) is 3.92. The fraction of sp³-hybridized carbons (Fsp3) is 0.600. The van der Waals surface area contributed by atoms with Crippen LogP contribution < -0.4 is 11.0 Å². The van der Waals surface area contributed by atoms with E-state index in [1.54, 1.807) is 19.4 Å². The Balaban J connectivity index is 2.68. The second-order valence-electron chi connectivity index (χ2n) is 4.62. The molecule has 1 aromatic rings. The lowest BCUT2D eigenvalue weighted by molar-refractivity contribution is -0.123. The zero-order chi connectivity index (χ0) is 11.6. The van der Waals surface area contributed by atoms with Crippen LogP contribution in [0.3, 0.4) is 0 Å². The number of nitrogens with zero attached hydrogens (tertiary/aromatic N) is 2. The van der Waals surface area contributed by atoms with Crippen molar-refractivity contribution in [3.05, 3.63) is 22.9 Å². The van der Waals surface area contributed by atoms with Gasteiger partial charge in [0.25, 0.3) is 0 Å². The van der Waals surface area contributed by atoms with E-state index in [-0.39, 0.29) is 23.7 Å². The van der Waals surface area contributed by atoms with Crippen LogP contribution in [0.2, 0.25) is 0 Å². The number of hydrogen-bond acceptors (Lipinski definition) is 2. The Morgan fingerprint density at radius 3 is 2.40 bits per heavy atom. The third kappa shape index (κ3) is 3.27. The van der Waals surface area contributed by atoms with Crippen LogP contribution in [-0.4, -0.2) is 20.6 Å². The van der Waals surface area contributed by atoms with Gasteiger partial charge in [-0.2, -0.15) is 0 Å². The van der Waals surface area contributed by atoms with Gasteiger partial charge in [-0.15, -0.1) is 0 Å². The third-order valence-corrected chi connectivity index (χ3v) is 1.85. The number of imidazole rings is 1. The van der Waals surface area contributed by atoms with Crippen LogP contribution in [0.4, 0.5) is 0 Å². The lowest BCUT2D eigenvalue weighted by Crippen LogP contribution is -2.43. The normalized spacial score (nSPS) is 11.5. The van der Waals surface area contributed by atoms with E-state index >= 15 is 0 Å². The number of carbonyl (C=O) groups is 1. The van der Waals surface area contributed by atoms with Crippen molar-refractivity contribution < 1.29 is 4.79 Å². The topological polar surface area (TPSA) is 56.0 Å². The molecular formula is C10H17N3O2. The van der Waals surface area contributed by atoms with Gasteiger partial charge in [0.15, 0.2) is 0 Å². The molecule has 0 unspecified atom stereocenters. The van der Waals surface area contributed by atoms with Gasteiger partial charge in [-0.05, 0) is 20.8 Å². The summed E-state index contributed by atoms with van der Waals surface area (Å²) in [4.78, 5) is 22.9. The molecular weight excluding hydrogens is 194 g/mol. The van der Waals surface area contributed by atoms with Crippen LogP contribution in [0.5, 0.6) is 0 Å². The smallest absolute Gasteiger partial charge is 0.328 e. The van der Waals surface area contributed by atoms with Crippen LogP contribution in [0.25, 0.3) is 0 Å². The highest BCUT2D eigenvalue weighted by molar-refractivity contribution is 5.76. The van der Waals surface area contributed by atoms with Crippen molar-refractivity contribution in [2.75, 3.05) is 0 Å². The van der Waals surface area contributed by atoms with Crippen LogP contribution >= 0.6 is 0 Å². The van der Waals surface area contributed by atoms with Crippen LogP contribution in [0.1, 0.15) is 20.8 Å². The summed E-state index contributed by atoms with van der Waals surface area (Å²) >= 11 is 0. The zero-order valence-electron chi connectivity index (χ0n) is 9.57. The van der Waals surface area contributed by atoms with Gasteiger partial charge in [-0.25, -0.2) is 4.79 Å². The molecule has 0 aliphatic carbocycles. The minimum Gasteiger partial charge on any atom is -0.350 e. The van der Waals surface area contributed by atoms with Crippen LogP contribution in [0, 0.1) is 0 Å². The molecule has 0 fully saturated rings. The van der Waals surface area contributed by atoms with E-state index in [1.807, 2.05) is 20.8 Å². The first-order valence-electron chi connectivity index (χ1n) is 4.82. The number of aryl methyl sites for hydroxylation is 1. The summed E-state index contributed by atoms with van der Waals surface area (Å²) in [6.45, 7) is 5.77. The molecule has 1 heterocycles. The molecule has 0 aliphatic rings. The highest BCUT2D eigenvalue weighted by atomic mass is 16.2. The Hall–Kier alpha value is -1.52. The van der Waals surface area contributed by atoms with E-state index in [2.05, 4.69) is 5.32 Å². The van der Waals surface area contributed by atoms with Gasteiger partial charge < -0.3 is 9.88 Å². The minimum atomic E-state index is -0.268. The van der Waals surface area contributed by atoms with E-state index in [0.717, 1.165) is 0 Å². The predicted octanol–water partition coefficient (Wildman–Crippen LogP) is 0.101. The highest BCUT2D eigenvalue weighted by Gasteiger charge is 2.14. The first kappa shape index (κ1) is 11.6. The standard InChI is InChI=1S/C10H17N3O2/c1-10(2,3)11-8(14)7-13-6-5-12(4)9(13)15/h5-6H,7H2,1-4H3,(H,11,14). The first-order chi connectivity index (χ1) is 6.79. The minimum absolute atomic E-state index is 0.0664. The van der Waals surface area contributed by atoms with Gasteiger partial charge in [0.1, 0.15) is 6.54 Å². The van der Waals surface area contributed by atoms with Gasteiger partial charge in [-0.3, -0.25) is 9.36 Å². The average molecular weight is 211 g/mol. The average Bonchev–Trinajstić information content (AvgIpc) is 2.32. The number of aromatic nitrogens is 2. The molecule has 0 aromatic carbocycles. The third-order valence-electron chi connectivity index (χ3n) is 1.85. The molecule has 0 atom stereocenters. The molecule has 0 aliphatic heterocycles. The maximum Gasteiger partial charge on any atom is 0.328 e. The summed E-state index contributed by atoms with van der Waals surface area (Å²) in [6, 6.07) is 0. The summed E-state index contributed by atoms with van der Waals surface area (Å²) in [5.41, 5.74) is -0.450. The quantitative estimate of drug-likeness (QED) is 0.754. The van der Waals surface area contributed by atoms with Gasteiger partial charge in [0.2, 0.25) is 5.91 Å². The van der Waals surface area contributed by atoms with Crippen molar-refractivity contribution in [1.82, 2.24) is 14.5 Å². The number of hydrogen-bond donors (Lipinski definition) is 1. The molecule has 1 rings (SSSR count). The fourth-order valence-electron chi connectivity index (χ4n) is 1.24. The number of carbonyl (C=O) groups excluding carboxylic acids is 1. The van der Waals surface area contributed by atoms with E-state index in [9.17, 15) is 9.59 Å². The Morgan fingerprint density at radius 2 is 2.00 bits per heavy atom. The molecule has 15 heavy (non-hydrogen) atoms. The molecule has 1 amide bonds. The van der Waals surface area contributed by atoms with E-state index in [1.165, 1.54) is 9.13 Å². The molecule has 1 aromatic heterocycles. The molecule has 0 spiro atoms. The van der Waals surface area contributed by atoms with Gasteiger partial charge in [0.05, 0.1) is 0 Å². The van der Waals surface area contributed by atoms with Gasteiger partial charge >= 0.3 is 5.69 Å². The Morgan fingerprint density at radius 1 is 1.40 bits per heavy atom.